The minimum absolute atomic E-state index is 0.103. The van der Waals surface area contributed by atoms with Crippen molar-refractivity contribution >= 4 is 0 Å². The zero-order valence-electron chi connectivity index (χ0n) is 10.5. The molecular formula is C12H12F4N4. The molecule has 1 unspecified atom stereocenters. The van der Waals surface area contributed by atoms with Crippen molar-refractivity contribution in [3.05, 3.63) is 47.0 Å². The zero-order chi connectivity index (χ0) is 14.9. The van der Waals surface area contributed by atoms with Crippen molar-refractivity contribution in [1.82, 2.24) is 15.0 Å². The Morgan fingerprint density at radius 3 is 2.60 bits per heavy atom. The fourth-order valence-electron chi connectivity index (χ4n) is 1.88. The largest absolute Gasteiger partial charge is 0.419 e. The third kappa shape index (κ3) is 2.96. The molecule has 0 saturated carbocycles. The van der Waals surface area contributed by atoms with Crippen molar-refractivity contribution in [1.29, 1.82) is 0 Å². The van der Waals surface area contributed by atoms with E-state index < -0.39 is 23.6 Å². The fraction of sp³-hybridized carbons (Fsp3) is 0.333. The number of aryl methyl sites for hydroxylation is 1. The van der Waals surface area contributed by atoms with Gasteiger partial charge in [0, 0.05) is 31.3 Å². The van der Waals surface area contributed by atoms with E-state index in [1.807, 2.05) is 0 Å². The summed E-state index contributed by atoms with van der Waals surface area (Å²) in [6.07, 6.45) is -3.07. The van der Waals surface area contributed by atoms with Gasteiger partial charge in [-0.2, -0.15) is 13.2 Å². The molecule has 1 aromatic carbocycles. The molecule has 1 heterocycles. The second-order valence-electron chi connectivity index (χ2n) is 4.40. The first-order chi connectivity index (χ1) is 9.29. The normalized spacial score (nSPS) is 13.5. The van der Waals surface area contributed by atoms with Crippen LogP contribution in [0.2, 0.25) is 0 Å². The van der Waals surface area contributed by atoms with Crippen molar-refractivity contribution < 1.29 is 17.6 Å². The lowest BCUT2D eigenvalue weighted by Crippen LogP contribution is -2.18. The van der Waals surface area contributed by atoms with E-state index in [1.165, 1.54) is 10.7 Å². The van der Waals surface area contributed by atoms with E-state index in [1.54, 1.807) is 13.2 Å². The first kappa shape index (κ1) is 14.4. The van der Waals surface area contributed by atoms with Gasteiger partial charge in [0.05, 0.1) is 11.3 Å². The van der Waals surface area contributed by atoms with Crippen molar-refractivity contribution in [2.75, 3.05) is 0 Å². The molecule has 108 valence electrons. The summed E-state index contributed by atoms with van der Waals surface area (Å²) in [4.78, 5) is 0. The molecule has 1 atom stereocenters. The first-order valence-electron chi connectivity index (χ1n) is 5.75. The van der Waals surface area contributed by atoms with Crippen molar-refractivity contribution in [2.45, 2.75) is 18.6 Å². The van der Waals surface area contributed by atoms with Gasteiger partial charge in [0.1, 0.15) is 5.82 Å². The van der Waals surface area contributed by atoms with Gasteiger partial charge < -0.3 is 5.73 Å². The Morgan fingerprint density at radius 1 is 1.35 bits per heavy atom. The summed E-state index contributed by atoms with van der Waals surface area (Å²) >= 11 is 0. The molecule has 0 amide bonds. The first-order valence-corrected chi connectivity index (χ1v) is 5.75. The Labute approximate surface area is 112 Å². The molecule has 8 heteroatoms. The van der Waals surface area contributed by atoms with Crippen LogP contribution in [-0.2, 0) is 19.6 Å². The fourth-order valence-corrected chi connectivity index (χ4v) is 1.88. The number of nitrogens with zero attached hydrogens (tertiary/aromatic N) is 3. The van der Waals surface area contributed by atoms with Crippen LogP contribution >= 0.6 is 0 Å². The topological polar surface area (TPSA) is 56.7 Å². The summed E-state index contributed by atoms with van der Waals surface area (Å²) in [5.41, 5.74) is 4.74. The van der Waals surface area contributed by atoms with Gasteiger partial charge in [-0.3, -0.25) is 4.68 Å². The van der Waals surface area contributed by atoms with E-state index >= 15 is 0 Å². The Morgan fingerprint density at radius 2 is 2.05 bits per heavy atom. The highest BCUT2D eigenvalue weighted by Gasteiger charge is 2.35. The maximum Gasteiger partial charge on any atom is 0.419 e. The smallest absolute Gasteiger partial charge is 0.324 e. The average molecular weight is 288 g/mol. The van der Waals surface area contributed by atoms with Gasteiger partial charge in [0.15, 0.2) is 0 Å². The summed E-state index contributed by atoms with van der Waals surface area (Å²) in [5, 5.41) is 7.45. The van der Waals surface area contributed by atoms with E-state index in [4.69, 9.17) is 5.73 Å². The number of nitrogens with two attached hydrogens (primary N) is 1. The molecule has 2 aromatic rings. The number of aromatic nitrogens is 3. The van der Waals surface area contributed by atoms with Crippen molar-refractivity contribution in [2.24, 2.45) is 12.8 Å². The predicted molar refractivity (Wildman–Crippen MR) is 63.0 cm³/mol. The molecule has 0 aliphatic carbocycles. The second-order valence-corrected chi connectivity index (χ2v) is 4.40. The molecule has 0 saturated heterocycles. The molecule has 1 aromatic heterocycles. The maximum absolute atomic E-state index is 13.9. The van der Waals surface area contributed by atoms with Gasteiger partial charge >= 0.3 is 6.18 Å². The molecule has 0 aliphatic rings. The Balaban J connectivity index is 2.28. The zero-order valence-corrected chi connectivity index (χ0v) is 10.5. The Bertz CT molecular complexity index is 606. The van der Waals surface area contributed by atoms with Crippen LogP contribution in [-0.4, -0.2) is 15.0 Å². The number of hydrogen-bond acceptors (Lipinski definition) is 3. The van der Waals surface area contributed by atoms with Crippen LogP contribution in [0.3, 0.4) is 0 Å². The highest BCUT2D eigenvalue weighted by Crippen LogP contribution is 2.33. The minimum Gasteiger partial charge on any atom is -0.324 e. The molecule has 0 fully saturated rings. The highest BCUT2D eigenvalue weighted by atomic mass is 19.4. The summed E-state index contributed by atoms with van der Waals surface area (Å²) in [6, 6.07) is 2.14. The van der Waals surface area contributed by atoms with Crippen LogP contribution in [0.15, 0.2) is 24.4 Å². The molecule has 0 radical (unpaired) electrons. The Kier molecular flexibility index (Phi) is 3.76. The van der Waals surface area contributed by atoms with Crippen LogP contribution in [0.5, 0.6) is 0 Å². The SMILES string of the molecule is Cn1cc(CC(N)c2cccc(C(F)(F)F)c2F)nn1. The predicted octanol–water partition coefficient (Wildman–Crippen LogP) is 2.22. The second kappa shape index (κ2) is 5.20. The van der Waals surface area contributed by atoms with Crippen LogP contribution < -0.4 is 5.73 Å². The lowest BCUT2D eigenvalue weighted by Gasteiger charge is -2.15. The standard InChI is InChI=1S/C12H12F4N4/c1-20-6-7(18-19-20)5-10(17)8-3-2-4-9(11(8)13)12(14,15)16/h2-4,6,10H,5,17H2,1H3. The third-order valence-electron chi connectivity index (χ3n) is 2.81. The van der Waals surface area contributed by atoms with Crippen LogP contribution in [0, 0.1) is 5.82 Å². The number of hydrogen-bond donors (Lipinski definition) is 1. The van der Waals surface area contributed by atoms with Crippen LogP contribution in [0.25, 0.3) is 0 Å². The minimum atomic E-state index is -4.74. The molecule has 4 nitrogen and oxygen atoms in total. The summed E-state index contributed by atoms with van der Waals surface area (Å²) in [7, 11) is 1.65. The number of alkyl halides is 3. The molecule has 0 spiro atoms. The Hall–Kier alpha value is -1.96. The van der Waals surface area contributed by atoms with E-state index in [2.05, 4.69) is 10.3 Å². The molecule has 20 heavy (non-hydrogen) atoms. The monoisotopic (exact) mass is 288 g/mol. The number of rotatable bonds is 3. The lowest BCUT2D eigenvalue weighted by molar-refractivity contribution is -0.140. The van der Waals surface area contributed by atoms with Gasteiger partial charge in [0.2, 0.25) is 0 Å². The number of benzene rings is 1. The molecule has 2 N–H and O–H groups in total. The highest BCUT2D eigenvalue weighted by molar-refractivity contribution is 5.30. The summed E-state index contributed by atoms with van der Waals surface area (Å²) < 4.78 is 53.2. The van der Waals surface area contributed by atoms with Crippen LogP contribution in [0.4, 0.5) is 17.6 Å². The quantitative estimate of drug-likeness (QED) is 0.881. The van der Waals surface area contributed by atoms with Gasteiger partial charge in [-0.05, 0) is 6.07 Å². The van der Waals surface area contributed by atoms with Gasteiger partial charge in [-0.1, -0.05) is 17.3 Å². The van der Waals surface area contributed by atoms with Gasteiger partial charge in [-0.25, -0.2) is 4.39 Å². The van der Waals surface area contributed by atoms with Gasteiger partial charge in [0.25, 0.3) is 0 Å². The van der Waals surface area contributed by atoms with Crippen LogP contribution in [0.1, 0.15) is 22.9 Å². The van der Waals surface area contributed by atoms with Crippen molar-refractivity contribution in [3.63, 3.8) is 0 Å². The van der Waals surface area contributed by atoms with Gasteiger partial charge in [-0.15, -0.1) is 5.10 Å². The lowest BCUT2D eigenvalue weighted by atomic mass is 10.00. The average Bonchev–Trinajstić information content (AvgIpc) is 2.73. The molecule has 0 aliphatic heterocycles. The van der Waals surface area contributed by atoms with Crippen molar-refractivity contribution in [3.8, 4) is 0 Å². The summed E-state index contributed by atoms with van der Waals surface area (Å²) in [6.45, 7) is 0. The molecular weight excluding hydrogens is 276 g/mol. The summed E-state index contributed by atoms with van der Waals surface area (Å²) in [5.74, 6) is -1.34. The maximum atomic E-state index is 13.9. The number of halogens is 4. The molecule has 2 rings (SSSR count). The van der Waals surface area contributed by atoms with E-state index in [9.17, 15) is 17.6 Å². The molecule has 0 bridgehead atoms. The van der Waals surface area contributed by atoms with E-state index in [0.717, 1.165) is 6.07 Å². The third-order valence-corrected chi connectivity index (χ3v) is 2.81. The van der Waals surface area contributed by atoms with E-state index in [-0.39, 0.29) is 12.0 Å². The van der Waals surface area contributed by atoms with E-state index in [0.29, 0.717) is 11.8 Å².